The molecule has 0 bridgehead atoms. The molecule has 1 atom stereocenters. The third-order valence-corrected chi connectivity index (χ3v) is 1.98. The van der Waals surface area contributed by atoms with Crippen molar-refractivity contribution in [3.63, 3.8) is 0 Å². The Morgan fingerprint density at radius 3 is 2.23 bits per heavy atom. The molecule has 4 nitrogen and oxygen atoms in total. The van der Waals surface area contributed by atoms with Gasteiger partial charge in [0.2, 0.25) is 0 Å². The summed E-state index contributed by atoms with van der Waals surface area (Å²) in [6.07, 6.45) is 0.359. The highest BCUT2D eigenvalue weighted by molar-refractivity contribution is 5.74. The molecule has 0 amide bonds. The monoisotopic (exact) mass is 188 g/mol. The van der Waals surface area contributed by atoms with Gasteiger partial charge in [0.15, 0.2) is 0 Å². The van der Waals surface area contributed by atoms with Crippen molar-refractivity contribution in [2.75, 3.05) is 7.11 Å². The minimum absolute atomic E-state index is 0.0119. The Hall–Kier alpha value is -1.06. The molecule has 0 fully saturated rings. The molecule has 1 unspecified atom stereocenters. The van der Waals surface area contributed by atoms with Gasteiger partial charge < -0.3 is 9.84 Å². The lowest BCUT2D eigenvalue weighted by Gasteiger charge is -2.16. The number of esters is 1. The van der Waals surface area contributed by atoms with Gasteiger partial charge in [0.1, 0.15) is 0 Å². The molecule has 0 rings (SSSR count). The quantitative estimate of drug-likeness (QED) is 0.660. The van der Waals surface area contributed by atoms with E-state index >= 15 is 0 Å². The SMILES string of the molecule is COC(=O)C(CCC(=O)O)C(C)C. The van der Waals surface area contributed by atoms with Crippen LogP contribution in [-0.2, 0) is 14.3 Å². The largest absolute Gasteiger partial charge is 0.481 e. The summed E-state index contributed by atoms with van der Waals surface area (Å²) in [5.41, 5.74) is 0. The summed E-state index contributed by atoms with van der Waals surface area (Å²) in [5, 5.41) is 8.45. The zero-order valence-corrected chi connectivity index (χ0v) is 8.24. The average Bonchev–Trinajstić information content (AvgIpc) is 2.03. The number of carboxylic acids is 1. The summed E-state index contributed by atoms with van der Waals surface area (Å²) in [4.78, 5) is 21.4. The molecule has 0 aromatic heterocycles. The van der Waals surface area contributed by atoms with Gasteiger partial charge in [-0.3, -0.25) is 9.59 Å². The number of methoxy groups -OCH3 is 1. The lowest BCUT2D eigenvalue weighted by molar-refractivity contribution is -0.147. The molecule has 0 heterocycles. The van der Waals surface area contributed by atoms with Crippen molar-refractivity contribution in [3.05, 3.63) is 0 Å². The maximum atomic E-state index is 11.2. The van der Waals surface area contributed by atoms with Gasteiger partial charge in [-0.05, 0) is 12.3 Å². The van der Waals surface area contributed by atoms with Crippen LogP contribution in [0.5, 0.6) is 0 Å². The highest BCUT2D eigenvalue weighted by Gasteiger charge is 2.23. The molecule has 0 aromatic carbocycles. The molecule has 0 aliphatic carbocycles. The van der Waals surface area contributed by atoms with Gasteiger partial charge in [0.05, 0.1) is 13.0 Å². The van der Waals surface area contributed by atoms with E-state index in [2.05, 4.69) is 4.74 Å². The van der Waals surface area contributed by atoms with Crippen molar-refractivity contribution in [3.8, 4) is 0 Å². The number of carbonyl (C=O) groups is 2. The van der Waals surface area contributed by atoms with Gasteiger partial charge in [-0.15, -0.1) is 0 Å². The molecule has 0 saturated heterocycles. The molecular formula is C9H16O4. The number of aliphatic carboxylic acids is 1. The first-order valence-corrected chi connectivity index (χ1v) is 4.28. The molecule has 0 aliphatic heterocycles. The lowest BCUT2D eigenvalue weighted by atomic mass is 9.91. The first-order valence-electron chi connectivity index (χ1n) is 4.28. The van der Waals surface area contributed by atoms with Crippen LogP contribution in [0.15, 0.2) is 0 Å². The zero-order valence-electron chi connectivity index (χ0n) is 8.24. The first kappa shape index (κ1) is 11.9. The highest BCUT2D eigenvalue weighted by Crippen LogP contribution is 2.18. The molecule has 76 valence electrons. The fourth-order valence-corrected chi connectivity index (χ4v) is 1.15. The third kappa shape index (κ3) is 4.50. The molecule has 0 radical (unpaired) electrons. The van der Waals surface area contributed by atoms with Crippen LogP contribution in [-0.4, -0.2) is 24.2 Å². The van der Waals surface area contributed by atoms with Crippen LogP contribution < -0.4 is 0 Å². The van der Waals surface area contributed by atoms with Gasteiger partial charge in [-0.25, -0.2) is 0 Å². The molecule has 0 aromatic rings. The van der Waals surface area contributed by atoms with E-state index in [0.717, 1.165) is 0 Å². The third-order valence-electron chi connectivity index (χ3n) is 1.98. The molecule has 0 aliphatic rings. The van der Waals surface area contributed by atoms with Crippen molar-refractivity contribution in [2.24, 2.45) is 11.8 Å². The Balaban J connectivity index is 4.10. The maximum Gasteiger partial charge on any atom is 0.308 e. The van der Waals surface area contributed by atoms with E-state index in [1.54, 1.807) is 0 Å². The number of carbonyl (C=O) groups excluding carboxylic acids is 1. The Bertz CT molecular complexity index is 186. The van der Waals surface area contributed by atoms with E-state index < -0.39 is 5.97 Å². The second-order valence-corrected chi connectivity index (χ2v) is 3.31. The maximum absolute atomic E-state index is 11.2. The minimum atomic E-state index is -0.880. The lowest BCUT2D eigenvalue weighted by Crippen LogP contribution is -2.22. The van der Waals surface area contributed by atoms with Crippen LogP contribution in [0.3, 0.4) is 0 Å². The molecule has 13 heavy (non-hydrogen) atoms. The van der Waals surface area contributed by atoms with Crippen molar-refractivity contribution >= 4 is 11.9 Å². The Morgan fingerprint density at radius 2 is 1.92 bits per heavy atom. The van der Waals surface area contributed by atoms with Crippen LogP contribution in [0.2, 0.25) is 0 Å². The summed E-state index contributed by atoms with van der Waals surface area (Å²) in [6.45, 7) is 3.76. The van der Waals surface area contributed by atoms with Gasteiger partial charge in [-0.1, -0.05) is 13.8 Å². The summed E-state index contributed by atoms with van der Waals surface area (Å²) < 4.78 is 4.57. The second-order valence-electron chi connectivity index (χ2n) is 3.31. The van der Waals surface area contributed by atoms with Crippen LogP contribution in [0.4, 0.5) is 0 Å². The van der Waals surface area contributed by atoms with E-state index in [1.807, 2.05) is 13.8 Å². The Labute approximate surface area is 77.9 Å². The average molecular weight is 188 g/mol. The zero-order chi connectivity index (χ0) is 10.4. The fraction of sp³-hybridized carbons (Fsp3) is 0.778. The molecule has 4 heteroatoms. The van der Waals surface area contributed by atoms with Crippen molar-refractivity contribution in [1.29, 1.82) is 0 Å². The van der Waals surface area contributed by atoms with E-state index in [0.29, 0.717) is 6.42 Å². The number of ether oxygens (including phenoxy) is 1. The summed E-state index contributed by atoms with van der Waals surface area (Å²) in [7, 11) is 1.32. The number of hydrogen-bond donors (Lipinski definition) is 1. The van der Waals surface area contributed by atoms with Gasteiger partial charge >= 0.3 is 11.9 Å². The van der Waals surface area contributed by atoms with Crippen LogP contribution in [0, 0.1) is 11.8 Å². The number of hydrogen-bond acceptors (Lipinski definition) is 3. The molecular weight excluding hydrogens is 172 g/mol. The van der Waals surface area contributed by atoms with Crippen molar-refractivity contribution in [1.82, 2.24) is 0 Å². The number of carboxylic acid groups (broad SMARTS) is 1. The summed E-state index contributed by atoms with van der Waals surface area (Å²) in [5.74, 6) is -1.39. The fourth-order valence-electron chi connectivity index (χ4n) is 1.15. The highest BCUT2D eigenvalue weighted by atomic mass is 16.5. The Kier molecular flexibility index (Phi) is 5.11. The smallest absolute Gasteiger partial charge is 0.308 e. The first-order chi connectivity index (χ1) is 5.99. The topological polar surface area (TPSA) is 63.6 Å². The van der Waals surface area contributed by atoms with Gasteiger partial charge in [0, 0.05) is 6.42 Å². The predicted molar refractivity (Wildman–Crippen MR) is 47.2 cm³/mol. The normalized spacial score (nSPS) is 12.6. The van der Waals surface area contributed by atoms with Crippen molar-refractivity contribution in [2.45, 2.75) is 26.7 Å². The summed E-state index contributed by atoms with van der Waals surface area (Å²) >= 11 is 0. The van der Waals surface area contributed by atoms with E-state index in [9.17, 15) is 9.59 Å². The van der Waals surface area contributed by atoms with E-state index in [4.69, 9.17) is 5.11 Å². The van der Waals surface area contributed by atoms with E-state index in [-0.39, 0.29) is 24.2 Å². The van der Waals surface area contributed by atoms with Crippen molar-refractivity contribution < 1.29 is 19.4 Å². The number of rotatable bonds is 5. The molecule has 0 saturated carbocycles. The van der Waals surface area contributed by atoms with Crippen LogP contribution >= 0.6 is 0 Å². The standard InChI is InChI=1S/C9H16O4/c1-6(2)7(9(12)13-3)4-5-8(10)11/h6-7H,4-5H2,1-3H3,(H,10,11). The molecule has 1 N–H and O–H groups in total. The second kappa shape index (κ2) is 5.56. The van der Waals surface area contributed by atoms with Gasteiger partial charge in [0.25, 0.3) is 0 Å². The minimum Gasteiger partial charge on any atom is -0.481 e. The van der Waals surface area contributed by atoms with Crippen LogP contribution in [0.25, 0.3) is 0 Å². The Morgan fingerprint density at radius 1 is 1.38 bits per heavy atom. The van der Waals surface area contributed by atoms with Gasteiger partial charge in [-0.2, -0.15) is 0 Å². The molecule has 0 spiro atoms. The van der Waals surface area contributed by atoms with Crippen LogP contribution in [0.1, 0.15) is 26.7 Å². The van der Waals surface area contributed by atoms with E-state index in [1.165, 1.54) is 7.11 Å². The summed E-state index contributed by atoms with van der Waals surface area (Å²) in [6, 6.07) is 0. The predicted octanol–water partition coefficient (Wildman–Crippen LogP) is 1.30.